The summed E-state index contributed by atoms with van der Waals surface area (Å²) in [5.41, 5.74) is 2.78. The lowest BCUT2D eigenvalue weighted by molar-refractivity contribution is 0.0562. The number of thiazole rings is 1. The van der Waals surface area contributed by atoms with Gasteiger partial charge >= 0.3 is 10.8 Å². The first-order chi connectivity index (χ1) is 14.3. The van der Waals surface area contributed by atoms with E-state index in [9.17, 15) is 14.4 Å². The number of amides is 1. The quantitative estimate of drug-likeness (QED) is 0.580. The van der Waals surface area contributed by atoms with Crippen molar-refractivity contribution >= 4 is 23.2 Å². The molecule has 0 radical (unpaired) electrons. The summed E-state index contributed by atoms with van der Waals surface area (Å²) in [6.45, 7) is 6.48. The van der Waals surface area contributed by atoms with Gasteiger partial charge in [-0.25, -0.2) is 4.79 Å². The molecule has 1 aromatic carbocycles. The lowest BCUT2D eigenvalue weighted by Gasteiger charge is -2.08. The second kappa shape index (κ2) is 9.13. The maximum atomic E-state index is 12.6. The van der Waals surface area contributed by atoms with Crippen molar-refractivity contribution in [1.82, 2.24) is 9.88 Å². The lowest BCUT2D eigenvalue weighted by Crippen LogP contribution is -2.23. The summed E-state index contributed by atoms with van der Waals surface area (Å²) < 4.78 is 11.5. The molecule has 158 valence electrons. The number of nitrogens with zero attached hydrogens (tertiary/aromatic N) is 1. The minimum atomic E-state index is -0.586. The van der Waals surface area contributed by atoms with Gasteiger partial charge in [0, 0.05) is 12.2 Å². The molecule has 0 bridgehead atoms. The van der Waals surface area contributed by atoms with Gasteiger partial charge in [-0.2, -0.15) is 0 Å². The molecule has 2 aromatic heterocycles. The zero-order chi connectivity index (χ0) is 21.8. The number of furan rings is 1. The summed E-state index contributed by atoms with van der Waals surface area (Å²) in [5, 5.41) is 2.87. The first-order valence-corrected chi connectivity index (χ1v) is 10.4. The summed E-state index contributed by atoms with van der Waals surface area (Å²) in [6.07, 6.45) is 0. The Morgan fingerprint density at radius 2 is 1.87 bits per heavy atom. The third kappa shape index (κ3) is 4.71. The minimum Gasteiger partial charge on any atom is -0.463 e. The third-order valence-electron chi connectivity index (χ3n) is 4.81. The van der Waals surface area contributed by atoms with Crippen LogP contribution in [-0.2, 0) is 17.8 Å². The number of rotatable bonds is 7. The van der Waals surface area contributed by atoms with Gasteiger partial charge < -0.3 is 14.5 Å². The molecule has 3 rings (SSSR count). The summed E-state index contributed by atoms with van der Waals surface area (Å²) in [5.74, 6) is 0.0600. The maximum Gasteiger partial charge on any atom is 0.373 e. The SMILES string of the molecule is COC(=O)c1ccc(Cn2c(C)c(C(=O)NCc3ccc(C(C)C)cc3)sc2=O)o1. The minimum absolute atomic E-state index is 0.0647. The molecule has 0 aliphatic rings. The number of carbonyl (C=O) groups excluding carboxylic acids is 2. The van der Waals surface area contributed by atoms with Crippen molar-refractivity contribution in [3.8, 4) is 0 Å². The summed E-state index contributed by atoms with van der Waals surface area (Å²) in [6, 6.07) is 11.2. The highest BCUT2D eigenvalue weighted by Crippen LogP contribution is 2.17. The van der Waals surface area contributed by atoms with E-state index in [1.807, 2.05) is 12.1 Å². The number of nitrogens with one attached hydrogen (secondary N) is 1. The molecule has 1 amide bonds. The first-order valence-electron chi connectivity index (χ1n) is 9.54. The van der Waals surface area contributed by atoms with Gasteiger partial charge in [0.1, 0.15) is 10.6 Å². The molecule has 3 aromatic rings. The molecule has 8 heteroatoms. The number of carbonyl (C=O) groups is 2. The van der Waals surface area contributed by atoms with Gasteiger partial charge in [-0.1, -0.05) is 49.4 Å². The average Bonchev–Trinajstić information content (AvgIpc) is 3.32. The van der Waals surface area contributed by atoms with Crippen molar-refractivity contribution in [1.29, 1.82) is 0 Å². The number of benzene rings is 1. The second-order valence-corrected chi connectivity index (χ2v) is 8.17. The van der Waals surface area contributed by atoms with Crippen LogP contribution in [0.3, 0.4) is 0 Å². The van der Waals surface area contributed by atoms with Crippen molar-refractivity contribution in [2.45, 2.75) is 39.8 Å². The number of hydrogen-bond acceptors (Lipinski definition) is 6. The number of aromatic nitrogens is 1. The lowest BCUT2D eigenvalue weighted by atomic mass is 10.0. The fourth-order valence-corrected chi connectivity index (χ4v) is 3.89. The molecular weight excluding hydrogens is 404 g/mol. The van der Waals surface area contributed by atoms with Crippen LogP contribution in [0.2, 0.25) is 0 Å². The molecular formula is C22H24N2O5S. The maximum absolute atomic E-state index is 12.6. The number of hydrogen-bond donors (Lipinski definition) is 1. The Morgan fingerprint density at radius 3 is 2.50 bits per heavy atom. The highest BCUT2D eigenvalue weighted by Gasteiger charge is 2.19. The van der Waals surface area contributed by atoms with Crippen LogP contribution in [0.25, 0.3) is 0 Å². The fraction of sp³-hybridized carbons (Fsp3) is 0.318. The van der Waals surface area contributed by atoms with Gasteiger partial charge in [-0.15, -0.1) is 0 Å². The first kappa shape index (κ1) is 21.6. The monoisotopic (exact) mass is 428 g/mol. The van der Waals surface area contributed by atoms with Crippen molar-refractivity contribution in [3.63, 3.8) is 0 Å². The number of methoxy groups -OCH3 is 1. The molecule has 30 heavy (non-hydrogen) atoms. The van der Waals surface area contributed by atoms with Crippen molar-refractivity contribution in [2.75, 3.05) is 7.11 Å². The Balaban J connectivity index is 1.69. The molecule has 0 aliphatic carbocycles. The normalized spacial score (nSPS) is 11.0. The summed E-state index contributed by atoms with van der Waals surface area (Å²) in [4.78, 5) is 36.6. The topological polar surface area (TPSA) is 90.5 Å². The van der Waals surface area contributed by atoms with Gasteiger partial charge in [0.15, 0.2) is 0 Å². The molecule has 2 heterocycles. The van der Waals surface area contributed by atoms with E-state index in [0.717, 1.165) is 16.9 Å². The molecule has 0 aliphatic heterocycles. The molecule has 0 atom stereocenters. The third-order valence-corrected chi connectivity index (χ3v) is 5.89. The zero-order valence-electron chi connectivity index (χ0n) is 17.4. The second-order valence-electron chi connectivity index (χ2n) is 7.21. The van der Waals surface area contributed by atoms with Crippen LogP contribution >= 0.6 is 11.3 Å². The van der Waals surface area contributed by atoms with Crippen molar-refractivity contribution in [2.24, 2.45) is 0 Å². The largest absolute Gasteiger partial charge is 0.463 e. The smallest absolute Gasteiger partial charge is 0.373 e. The molecule has 0 saturated carbocycles. The van der Waals surface area contributed by atoms with Gasteiger partial charge in [0.05, 0.1) is 13.7 Å². The Labute approximate surface area is 178 Å². The van der Waals surface area contributed by atoms with E-state index < -0.39 is 5.97 Å². The van der Waals surface area contributed by atoms with Crippen LogP contribution in [0, 0.1) is 6.92 Å². The molecule has 0 unspecified atom stereocenters. The van der Waals surface area contributed by atoms with Crippen LogP contribution in [0.15, 0.2) is 45.6 Å². The number of esters is 1. The Hall–Kier alpha value is -3.13. The highest BCUT2D eigenvalue weighted by atomic mass is 32.1. The van der Waals surface area contributed by atoms with Gasteiger partial charge in [-0.05, 0) is 36.1 Å². The van der Waals surface area contributed by atoms with Gasteiger partial charge in [0.2, 0.25) is 5.76 Å². The molecule has 0 spiro atoms. The van der Waals surface area contributed by atoms with E-state index in [-0.39, 0.29) is 23.1 Å². The van der Waals surface area contributed by atoms with E-state index in [1.54, 1.807) is 13.0 Å². The summed E-state index contributed by atoms with van der Waals surface area (Å²) in [7, 11) is 1.27. The Morgan fingerprint density at radius 1 is 1.17 bits per heavy atom. The Kier molecular flexibility index (Phi) is 6.56. The summed E-state index contributed by atoms with van der Waals surface area (Å²) >= 11 is 0.890. The van der Waals surface area contributed by atoms with Crippen molar-refractivity contribution < 1.29 is 18.7 Å². The van der Waals surface area contributed by atoms with E-state index in [1.165, 1.54) is 23.3 Å². The van der Waals surface area contributed by atoms with Crippen LogP contribution < -0.4 is 10.2 Å². The van der Waals surface area contributed by atoms with E-state index >= 15 is 0 Å². The van der Waals surface area contributed by atoms with Crippen molar-refractivity contribution in [3.05, 3.63) is 79.3 Å². The van der Waals surface area contributed by atoms with Crippen LogP contribution in [0.4, 0.5) is 0 Å². The van der Waals surface area contributed by atoms with Gasteiger partial charge in [-0.3, -0.25) is 14.2 Å². The fourth-order valence-electron chi connectivity index (χ4n) is 2.98. The Bertz CT molecular complexity index is 1110. The predicted octanol–water partition coefficient (Wildman–Crippen LogP) is 3.70. The van der Waals surface area contributed by atoms with E-state index in [2.05, 4.69) is 36.0 Å². The predicted molar refractivity (Wildman–Crippen MR) is 114 cm³/mol. The van der Waals surface area contributed by atoms with Crippen LogP contribution in [0.5, 0.6) is 0 Å². The standard InChI is InChI=1S/C22H24N2O5S/c1-13(2)16-7-5-15(6-8-16)11-23-20(25)19-14(3)24(22(27)30-19)12-17-9-10-18(29-17)21(26)28-4/h5-10,13H,11-12H2,1-4H3,(H,23,25). The highest BCUT2D eigenvalue weighted by molar-refractivity contribution is 7.11. The van der Waals surface area contributed by atoms with E-state index in [4.69, 9.17) is 4.42 Å². The van der Waals surface area contributed by atoms with Crippen LogP contribution in [-0.4, -0.2) is 23.6 Å². The average molecular weight is 429 g/mol. The molecule has 1 N–H and O–H groups in total. The van der Waals surface area contributed by atoms with Gasteiger partial charge in [0.25, 0.3) is 5.91 Å². The van der Waals surface area contributed by atoms with E-state index in [0.29, 0.717) is 28.8 Å². The van der Waals surface area contributed by atoms with Crippen LogP contribution in [0.1, 0.15) is 62.6 Å². The molecule has 0 saturated heterocycles. The molecule has 7 nitrogen and oxygen atoms in total. The number of ether oxygens (including phenoxy) is 1. The molecule has 0 fully saturated rings. The zero-order valence-corrected chi connectivity index (χ0v) is 18.2.